The van der Waals surface area contributed by atoms with E-state index in [0.29, 0.717) is 21.5 Å². The molecule has 0 aliphatic rings. The number of halogens is 2. The third-order valence-corrected chi connectivity index (χ3v) is 6.10. The van der Waals surface area contributed by atoms with E-state index in [0.717, 1.165) is 22.3 Å². The number of amides is 1. The molecule has 4 rings (SSSR count). The predicted octanol–water partition coefficient (Wildman–Crippen LogP) is 6.49. The zero-order chi connectivity index (χ0) is 27.2. The minimum absolute atomic E-state index is 0.0691. The summed E-state index contributed by atoms with van der Waals surface area (Å²) in [7, 11) is 0. The first-order valence-electron chi connectivity index (χ1n) is 11.5. The molecule has 0 saturated heterocycles. The fourth-order valence-electron chi connectivity index (χ4n) is 3.86. The number of aliphatic carboxylic acids is 1. The molecule has 0 spiro atoms. The fraction of sp³-hybridized carbons (Fsp3) is 0.103. The molecule has 0 radical (unpaired) electrons. The number of aliphatic hydroxyl groups excluding tert-OH is 1. The van der Waals surface area contributed by atoms with E-state index >= 15 is 0 Å². The van der Waals surface area contributed by atoms with Crippen LogP contribution in [0.15, 0.2) is 84.9 Å². The van der Waals surface area contributed by atoms with Gasteiger partial charge in [-0.2, -0.15) is 0 Å². The molecule has 0 aromatic heterocycles. The van der Waals surface area contributed by atoms with Crippen molar-refractivity contribution in [1.82, 2.24) is 0 Å². The van der Waals surface area contributed by atoms with Crippen LogP contribution in [-0.2, 0) is 9.59 Å². The van der Waals surface area contributed by atoms with E-state index in [4.69, 9.17) is 43.5 Å². The van der Waals surface area contributed by atoms with Crippen LogP contribution < -0.4 is 15.2 Å². The van der Waals surface area contributed by atoms with E-state index in [1.807, 2.05) is 54.6 Å². The second-order valence-electron chi connectivity index (χ2n) is 8.30. The van der Waals surface area contributed by atoms with Gasteiger partial charge in [0.1, 0.15) is 17.2 Å². The second kappa shape index (κ2) is 12.0. The van der Waals surface area contributed by atoms with Gasteiger partial charge in [-0.15, -0.1) is 0 Å². The minimum Gasteiger partial charge on any atom is -0.492 e. The molecule has 1 atom stereocenters. The second-order valence-corrected chi connectivity index (χ2v) is 9.17. The molecule has 38 heavy (non-hydrogen) atoms. The number of primary amides is 1. The van der Waals surface area contributed by atoms with E-state index in [1.54, 1.807) is 18.2 Å². The average Bonchev–Trinajstić information content (AvgIpc) is 2.88. The van der Waals surface area contributed by atoms with Gasteiger partial charge in [0.25, 0.3) is 5.91 Å². The molecule has 0 heterocycles. The van der Waals surface area contributed by atoms with Crippen molar-refractivity contribution in [3.8, 4) is 39.5 Å². The maximum absolute atomic E-state index is 11.6. The smallest absolute Gasteiger partial charge is 0.306 e. The highest BCUT2D eigenvalue weighted by Crippen LogP contribution is 2.43. The molecule has 4 N–H and O–H groups in total. The van der Waals surface area contributed by atoms with Crippen LogP contribution in [0.25, 0.3) is 22.3 Å². The van der Waals surface area contributed by atoms with Gasteiger partial charge in [0.15, 0.2) is 6.10 Å². The lowest BCUT2D eigenvalue weighted by Crippen LogP contribution is -2.21. The van der Waals surface area contributed by atoms with Crippen LogP contribution in [0.4, 0.5) is 0 Å². The molecule has 1 unspecified atom stereocenters. The molecule has 0 aliphatic carbocycles. The molecule has 0 fully saturated rings. The van der Waals surface area contributed by atoms with Gasteiger partial charge < -0.3 is 25.4 Å². The van der Waals surface area contributed by atoms with E-state index in [2.05, 4.69) is 0 Å². The van der Waals surface area contributed by atoms with Crippen molar-refractivity contribution < 1.29 is 29.3 Å². The normalized spacial score (nSPS) is 11.6. The molecule has 4 aromatic rings. The number of carboxylic acids is 1. The van der Waals surface area contributed by atoms with E-state index in [-0.39, 0.29) is 24.3 Å². The molecule has 1 amide bonds. The largest absolute Gasteiger partial charge is 0.492 e. The standard InChI is InChI=1S/C29H23Cl2NO6/c30-19-6-1-4-17(14-19)22-8-3-9-23(18-5-2-7-20(31)15-18)28(22)38-21-10-11-24(27(35)29(32)36)25(16-21)37-13-12-26(33)34/h1-11,14-16,27,35H,12-13H2,(H2,32,36)(H,33,34). The van der Waals surface area contributed by atoms with Gasteiger partial charge in [-0.25, -0.2) is 0 Å². The van der Waals surface area contributed by atoms with E-state index in [9.17, 15) is 14.7 Å². The highest BCUT2D eigenvalue weighted by Gasteiger charge is 2.21. The first-order chi connectivity index (χ1) is 18.2. The number of rotatable bonds is 10. The zero-order valence-corrected chi connectivity index (χ0v) is 21.4. The third kappa shape index (κ3) is 6.44. The quantitative estimate of drug-likeness (QED) is 0.207. The summed E-state index contributed by atoms with van der Waals surface area (Å²) in [5.41, 5.74) is 8.50. The predicted molar refractivity (Wildman–Crippen MR) is 146 cm³/mol. The van der Waals surface area contributed by atoms with Crippen LogP contribution >= 0.6 is 23.2 Å². The van der Waals surface area contributed by atoms with Crippen LogP contribution in [0.3, 0.4) is 0 Å². The Kier molecular flexibility index (Phi) is 8.53. The van der Waals surface area contributed by atoms with Gasteiger partial charge in [0.05, 0.1) is 13.0 Å². The molecular formula is C29H23Cl2NO6. The SMILES string of the molecule is NC(=O)C(O)c1ccc(Oc2c(-c3cccc(Cl)c3)cccc2-c2cccc(Cl)c2)cc1OCCC(=O)O. The Hall–Kier alpha value is -4.04. The van der Waals surface area contributed by atoms with Crippen molar-refractivity contribution in [2.45, 2.75) is 12.5 Å². The Labute approximate surface area is 229 Å². The van der Waals surface area contributed by atoms with Crippen molar-refractivity contribution in [2.24, 2.45) is 5.73 Å². The number of carboxylic acid groups (broad SMARTS) is 1. The summed E-state index contributed by atoms with van der Waals surface area (Å²) in [6.07, 6.45) is -1.93. The van der Waals surface area contributed by atoms with Crippen LogP contribution in [0.1, 0.15) is 18.1 Å². The number of ether oxygens (including phenoxy) is 2. The van der Waals surface area contributed by atoms with Gasteiger partial charge in [-0.1, -0.05) is 65.7 Å². The third-order valence-electron chi connectivity index (χ3n) is 5.63. The lowest BCUT2D eigenvalue weighted by molar-refractivity contribution is -0.137. The Bertz CT molecular complexity index is 1430. The molecule has 0 bridgehead atoms. The number of carbonyl (C=O) groups is 2. The van der Waals surface area contributed by atoms with Gasteiger partial charge in [-0.05, 0) is 47.5 Å². The number of hydrogen-bond donors (Lipinski definition) is 3. The van der Waals surface area contributed by atoms with Crippen molar-refractivity contribution in [3.05, 3.63) is 101 Å². The molecule has 9 heteroatoms. The summed E-state index contributed by atoms with van der Waals surface area (Å²) in [5.74, 6) is -1.16. The van der Waals surface area contributed by atoms with Gasteiger partial charge >= 0.3 is 5.97 Å². The first kappa shape index (κ1) is 27.0. The zero-order valence-electron chi connectivity index (χ0n) is 19.9. The highest BCUT2D eigenvalue weighted by molar-refractivity contribution is 6.31. The van der Waals surface area contributed by atoms with Crippen LogP contribution in [0.5, 0.6) is 17.2 Å². The lowest BCUT2D eigenvalue weighted by Gasteiger charge is -2.19. The highest BCUT2D eigenvalue weighted by atomic mass is 35.5. The van der Waals surface area contributed by atoms with E-state index in [1.165, 1.54) is 12.1 Å². The molecule has 7 nitrogen and oxygen atoms in total. The minimum atomic E-state index is -1.65. The first-order valence-corrected chi connectivity index (χ1v) is 12.3. The van der Waals surface area contributed by atoms with Crippen LogP contribution in [0, 0.1) is 0 Å². The number of hydrogen-bond acceptors (Lipinski definition) is 5. The maximum Gasteiger partial charge on any atom is 0.306 e. The monoisotopic (exact) mass is 551 g/mol. The Morgan fingerprint density at radius 3 is 1.95 bits per heavy atom. The van der Waals surface area contributed by atoms with Crippen molar-refractivity contribution in [1.29, 1.82) is 0 Å². The van der Waals surface area contributed by atoms with Crippen molar-refractivity contribution in [2.75, 3.05) is 6.61 Å². The van der Waals surface area contributed by atoms with Gasteiger partial charge in [-0.3, -0.25) is 9.59 Å². The number of carbonyl (C=O) groups excluding carboxylic acids is 1. The van der Waals surface area contributed by atoms with E-state index < -0.39 is 18.0 Å². The molecule has 194 valence electrons. The Morgan fingerprint density at radius 2 is 1.42 bits per heavy atom. The fourth-order valence-corrected chi connectivity index (χ4v) is 4.24. The Balaban J connectivity index is 1.83. The lowest BCUT2D eigenvalue weighted by atomic mass is 9.97. The van der Waals surface area contributed by atoms with Crippen molar-refractivity contribution in [3.63, 3.8) is 0 Å². The van der Waals surface area contributed by atoms with Crippen LogP contribution in [0.2, 0.25) is 10.0 Å². The summed E-state index contributed by atoms with van der Waals surface area (Å²) in [5, 5.41) is 20.4. The average molecular weight is 552 g/mol. The van der Waals surface area contributed by atoms with Gasteiger partial charge in [0.2, 0.25) is 0 Å². The summed E-state index contributed by atoms with van der Waals surface area (Å²) < 4.78 is 12.0. The van der Waals surface area contributed by atoms with Crippen molar-refractivity contribution >= 4 is 35.1 Å². The number of nitrogens with two attached hydrogens (primary N) is 1. The number of aliphatic hydroxyl groups is 1. The summed E-state index contributed by atoms with van der Waals surface area (Å²) in [6, 6.07) is 24.8. The molecule has 4 aromatic carbocycles. The summed E-state index contributed by atoms with van der Waals surface area (Å²) in [6.45, 7) is -0.190. The maximum atomic E-state index is 11.6. The number of para-hydroxylation sites is 1. The summed E-state index contributed by atoms with van der Waals surface area (Å²) in [4.78, 5) is 22.6. The molecular weight excluding hydrogens is 529 g/mol. The van der Waals surface area contributed by atoms with Gasteiger partial charge in [0, 0.05) is 32.8 Å². The Morgan fingerprint density at radius 1 is 0.842 bits per heavy atom. The molecule has 0 aliphatic heterocycles. The number of benzene rings is 4. The topological polar surface area (TPSA) is 119 Å². The van der Waals surface area contributed by atoms with Crippen LogP contribution in [-0.4, -0.2) is 28.7 Å². The molecule has 0 saturated carbocycles. The summed E-state index contributed by atoms with van der Waals surface area (Å²) >= 11 is 12.5.